The molecule has 1 atom stereocenters. The highest BCUT2D eigenvalue weighted by Crippen LogP contribution is 2.40. The van der Waals surface area contributed by atoms with Gasteiger partial charge in [-0.25, -0.2) is 0 Å². The minimum Gasteiger partial charge on any atom is -0.497 e. The Hall–Kier alpha value is -1.02. The molecule has 0 fully saturated rings. The van der Waals surface area contributed by atoms with Crippen molar-refractivity contribution >= 4 is 28.2 Å². The first-order chi connectivity index (χ1) is 7.76. The van der Waals surface area contributed by atoms with Crippen LogP contribution in [-0.2, 0) is 0 Å². The first-order valence-electron chi connectivity index (χ1n) is 5.14. The Balaban J connectivity index is 2.49. The number of ether oxygens (including phenoxy) is 1. The van der Waals surface area contributed by atoms with E-state index in [2.05, 4.69) is 40.8 Å². The molecule has 1 aromatic rings. The molecule has 0 bridgehead atoms. The van der Waals surface area contributed by atoms with Crippen LogP contribution in [0.15, 0.2) is 24.3 Å². The standard InChI is InChI=1S/C13H12INO/c1-16-10-3-4-11-12(8-10)9(6-7-15)2-5-13(11)14/h2-4,8,13H,5-6H2,1H3. The predicted octanol–water partition coefficient (Wildman–Crippen LogP) is 3.87. The maximum atomic E-state index is 8.81. The highest BCUT2D eigenvalue weighted by Gasteiger charge is 2.19. The van der Waals surface area contributed by atoms with Crippen LogP contribution in [0.5, 0.6) is 5.75 Å². The maximum absolute atomic E-state index is 8.81. The Bertz CT molecular complexity index is 473. The molecule has 1 aliphatic rings. The molecule has 2 nitrogen and oxygen atoms in total. The van der Waals surface area contributed by atoms with Crippen molar-refractivity contribution in [3.8, 4) is 11.8 Å². The van der Waals surface area contributed by atoms with Gasteiger partial charge in [-0.2, -0.15) is 5.26 Å². The van der Waals surface area contributed by atoms with E-state index in [1.807, 2.05) is 12.1 Å². The SMILES string of the molecule is COc1ccc2c(c1)C(CC#N)=CCC2I. The van der Waals surface area contributed by atoms with Gasteiger partial charge in [-0.1, -0.05) is 34.7 Å². The minimum atomic E-state index is 0.476. The smallest absolute Gasteiger partial charge is 0.119 e. The lowest BCUT2D eigenvalue weighted by Gasteiger charge is -2.21. The van der Waals surface area contributed by atoms with Gasteiger partial charge in [0, 0.05) is 3.92 Å². The molecule has 16 heavy (non-hydrogen) atoms. The highest BCUT2D eigenvalue weighted by molar-refractivity contribution is 14.1. The molecule has 0 radical (unpaired) electrons. The summed E-state index contributed by atoms with van der Waals surface area (Å²) in [6.07, 6.45) is 3.66. The van der Waals surface area contributed by atoms with Crippen molar-refractivity contribution in [1.29, 1.82) is 5.26 Å². The fraction of sp³-hybridized carbons (Fsp3) is 0.308. The normalized spacial score (nSPS) is 18.3. The molecule has 2 rings (SSSR count). The second-order valence-corrected chi connectivity index (χ2v) is 5.22. The molecule has 0 saturated carbocycles. The zero-order valence-corrected chi connectivity index (χ0v) is 11.2. The average Bonchev–Trinajstić information content (AvgIpc) is 2.32. The molecular weight excluding hydrogens is 313 g/mol. The van der Waals surface area contributed by atoms with Gasteiger partial charge < -0.3 is 4.74 Å². The number of benzene rings is 1. The van der Waals surface area contributed by atoms with Crippen LogP contribution in [0.3, 0.4) is 0 Å². The molecule has 0 N–H and O–H groups in total. The topological polar surface area (TPSA) is 33.0 Å². The molecule has 0 saturated heterocycles. The number of methoxy groups -OCH3 is 1. The molecule has 3 heteroatoms. The Morgan fingerprint density at radius 2 is 2.38 bits per heavy atom. The summed E-state index contributed by atoms with van der Waals surface area (Å²) in [6.45, 7) is 0. The molecule has 1 aromatic carbocycles. The number of alkyl halides is 1. The first-order valence-corrected chi connectivity index (χ1v) is 6.39. The summed E-state index contributed by atoms with van der Waals surface area (Å²) < 4.78 is 5.73. The van der Waals surface area contributed by atoms with Crippen LogP contribution < -0.4 is 4.74 Å². The highest BCUT2D eigenvalue weighted by atomic mass is 127. The van der Waals surface area contributed by atoms with E-state index in [0.29, 0.717) is 10.3 Å². The molecule has 0 aromatic heterocycles. The van der Waals surface area contributed by atoms with Crippen LogP contribution >= 0.6 is 22.6 Å². The van der Waals surface area contributed by atoms with Gasteiger partial charge in [0.1, 0.15) is 5.75 Å². The van der Waals surface area contributed by atoms with Crippen molar-refractivity contribution in [1.82, 2.24) is 0 Å². The molecule has 1 aliphatic carbocycles. The molecule has 0 aliphatic heterocycles. The van der Waals surface area contributed by atoms with Crippen LogP contribution in [0.1, 0.15) is 27.9 Å². The number of hydrogen-bond acceptors (Lipinski definition) is 2. The molecule has 0 heterocycles. The van der Waals surface area contributed by atoms with Crippen molar-refractivity contribution < 1.29 is 4.74 Å². The summed E-state index contributed by atoms with van der Waals surface area (Å²) in [6, 6.07) is 8.34. The van der Waals surface area contributed by atoms with Crippen LogP contribution in [0, 0.1) is 11.3 Å². The fourth-order valence-corrected chi connectivity index (χ4v) is 2.75. The number of nitriles is 1. The van der Waals surface area contributed by atoms with Crippen molar-refractivity contribution in [2.75, 3.05) is 7.11 Å². The van der Waals surface area contributed by atoms with E-state index in [1.54, 1.807) is 7.11 Å². The summed E-state index contributed by atoms with van der Waals surface area (Å²) in [7, 11) is 1.67. The lowest BCUT2D eigenvalue weighted by Crippen LogP contribution is -2.02. The van der Waals surface area contributed by atoms with Gasteiger partial charge in [-0.3, -0.25) is 0 Å². The van der Waals surface area contributed by atoms with Gasteiger partial charge in [-0.15, -0.1) is 0 Å². The largest absolute Gasteiger partial charge is 0.497 e. The number of fused-ring (bicyclic) bond motifs is 1. The quantitative estimate of drug-likeness (QED) is 0.611. The van der Waals surface area contributed by atoms with Gasteiger partial charge in [-0.05, 0) is 35.3 Å². The van der Waals surface area contributed by atoms with Gasteiger partial charge in [0.2, 0.25) is 0 Å². The van der Waals surface area contributed by atoms with E-state index in [9.17, 15) is 0 Å². The van der Waals surface area contributed by atoms with Crippen molar-refractivity contribution in [2.45, 2.75) is 16.8 Å². The van der Waals surface area contributed by atoms with Crippen molar-refractivity contribution in [3.05, 3.63) is 35.4 Å². The maximum Gasteiger partial charge on any atom is 0.119 e. The van der Waals surface area contributed by atoms with Crippen molar-refractivity contribution in [2.24, 2.45) is 0 Å². The number of halogens is 1. The Morgan fingerprint density at radius 3 is 3.06 bits per heavy atom. The minimum absolute atomic E-state index is 0.476. The third-order valence-electron chi connectivity index (χ3n) is 2.78. The Labute approximate surface area is 109 Å². The van der Waals surface area contributed by atoms with E-state index in [-0.39, 0.29) is 0 Å². The number of allylic oxidation sites excluding steroid dienone is 2. The van der Waals surface area contributed by atoms with E-state index in [1.165, 1.54) is 11.1 Å². The van der Waals surface area contributed by atoms with Gasteiger partial charge in [0.25, 0.3) is 0 Å². The van der Waals surface area contributed by atoms with Gasteiger partial charge >= 0.3 is 0 Å². The number of rotatable bonds is 2. The summed E-state index contributed by atoms with van der Waals surface area (Å²) >= 11 is 2.44. The number of hydrogen-bond donors (Lipinski definition) is 0. The second kappa shape index (κ2) is 4.88. The van der Waals surface area contributed by atoms with Crippen LogP contribution in [0.25, 0.3) is 5.57 Å². The molecule has 82 valence electrons. The summed E-state index contributed by atoms with van der Waals surface area (Å²) in [5.74, 6) is 0.855. The molecule has 0 amide bonds. The zero-order valence-electron chi connectivity index (χ0n) is 9.03. The third kappa shape index (κ3) is 2.07. The predicted molar refractivity (Wildman–Crippen MR) is 72.6 cm³/mol. The third-order valence-corrected chi connectivity index (χ3v) is 3.96. The number of nitrogens with zero attached hydrogens (tertiary/aromatic N) is 1. The van der Waals surface area contributed by atoms with E-state index < -0.39 is 0 Å². The fourth-order valence-electron chi connectivity index (χ4n) is 1.95. The molecule has 0 spiro atoms. The summed E-state index contributed by atoms with van der Waals surface area (Å²) in [5, 5.41) is 8.81. The van der Waals surface area contributed by atoms with Gasteiger partial charge in [0.05, 0.1) is 19.6 Å². The zero-order chi connectivity index (χ0) is 11.5. The van der Waals surface area contributed by atoms with Crippen molar-refractivity contribution in [3.63, 3.8) is 0 Å². The van der Waals surface area contributed by atoms with Crippen LogP contribution in [-0.4, -0.2) is 7.11 Å². The lowest BCUT2D eigenvalue weighted by atomic mass is 9.89. The monoisotopic (exact) mass is 325 g/mol. The van der Waals surface area contributed by atoms with Crippen LogP contribution in [0.2, 0.25) is 0 Å². The van der Waals surface area contributed by atoms with Crippen LogP contribution in [0.4, 0.5) is 0 Å². The second-order valence-electron chi connectivity index (χ2n) is 3.72. The van der Waals surface area contributed by atoms with E-state index in [4.69, 9.17) is 10.00 Å². The summed E-state index contributed by atoms with van der Waals surface area (Å²) in [4.78, 5) is 0. The Morgan fingerprint density at radius 1 is 1.56 bits per heavy atom. The van der Waals surface area contributed by atoms with E-state index >= 15 is 0 Å². The molecular formula is C13H12INO. The van der Waals surface area contributed by atoms with Gasteiger partial charge in [0.15, 0.2) is 0 Å². The first kappa shape index (κ1) is 11.5. The van der Waals surface area contributed by atoms with E-state index in [0.717, 1.165) is 17.7 Å². The lowest BCUT2D eigenvalue weighted by molar-refractivity contribution is 0.414. The Kier molecular flexibility index (Phi) is 3.49. The molecule has 1 unspecified atom stereocenters. The average molecular weight is 325 g/mol. The summed E-state index contributed by atoms with van der Waals surface area (Å²) in [5.41, 5.74) is 3.62.